The fourth-order valence-corrected chi connectivity index (χ4v) is 3.54. The quantitative estimate of drug-likeness (QED) is 0.731. The van der Waals surface area contributed by atoms with Gasteiger partial charge in [0.15, 0.2) is 5.54 Å². The number of benzene rings is 2. The summed E-state index contributed by atoms with van der Waals surface area (Å²) >= 11 is 0. The molecule has 1 atom stereocenters. The first-order valence-corrected chi connectivity index (χ1v) is 8.03. The van der Waals surface area contributed by atoms with Crippen molar-refractivity contribution in [1.29, 1.82) is 0 Å². The maximum absolute atomic E-state index is 15.7. The molecule has 2 aromatic carbocycles. The van der Waals surface area contributed by atoms with E-state index in [2.05, 4.69) is 15.0 Å². The van der Waals surface area contributed by atoms with E-state index in [4.69, 9.17) is 15.2 Å². The third kappa shape index (κ3) is 1.94. The first-order chi connectivity index (χ1) is 12.7. The molecule has 1 aromatic heterocycles. The highest BCUT2D eigenvalue weighted by atomic mass is 19.1. The standard InChI is InChI=1S/C19H13FN4O2/c20-17-12(11-7-22-10-23-8-11)5-6-15-16(17)19(9-25-18(21)24-19)13-3-1-2-4-14(13)26-15/h1-8,10H,9H2,(H2,21,24). The van der Waals surface area contributed by atoms with E-state index in [0.29, 0.717) is 33.8 Å². The van der Waals surface area contributed by atoms with Crippen LogP contribution in [0, 0.1) is 5.82 Å². The van der Waals surface area contributed by atoms with Crippen molar-refractivity contribution in [2.75, 3.05) is 6.61 Å². The molecule has 2 aliphatic heterocycles. The van der Waals surface area contributed by atoms with Crippen LogP contribution in [0.5, 0.6) is 11.5 Å². The molecule has 0 fully saturated rings. The summed E-state index contributed by atoms with van der Waals surface area (Å²) in [5.41, 5.74) is 6.67. The van der Waals surface area contributed by atoms with Gasteiger partial charge in [0.2, 0.25) is 0 Å². The number of aliphatic imine (C=N–C) groups is 1. The van der Waals surface area contributed by atoms with Gasteiger partial charge in [-0.1, -0.05) is 18.2 Å². The highest BCUT2D eigenvalue weighted by Crippen LogP contribution is 2.52. The highest BCUT2D eigenvalue weighted by molar-refractivity contribution is 5.78. The maximum atomic E-state index is 15.7. The number of nitrogens with two attached hydrogens (primary N) is 1. The SMILES string of the molecule is NC1=NC2(CO1)c1ccccc1Oc1ccc(-c3cncnc3)c(F)c12. The summed E-state index contributed by atoms with van der Waals surface area (Å²) in [5.74, 6) is 0.551. The van der Waals surface area contributed by atoms with Crippen LogP contribution in [0.15, 0.2) is 60.1 Å². The van der Waals surface area contributed by atoms with Crippen LogP contribution in [0.1, 0.15) is 11.1 Å². The van der Waals surface area contributed by atoms with Crippen LogP contribution in [0.25, 0.3) is 11.1 Å². The number of halogens is 1. The van der Waals surface area contributed by atoms with Crippen molar-refractivity contribution < 1.29 is 13.9 Å². The van der Waals surface area contributed by atoms with Gasteiger partial charge in [0.25, 0.3) is 6.02 Å². The van der Waals surface area contributed by atoms with Gasteiger partial charge in [-0.3, -0.25) is 0 Å². The van der Waals surface area contributed by atoms with Gasteiger partial charge >= 0.3 is 0 Å². The van der Waals surface area contributed by atoms with E-state index in [1.54, 1.807) is 24.5 Å². The Labute approximate surface area is 148 Å². The van der Waals surface area contributed by atoms with Crippen molar-refractivity contribution in [2.24, 2.45) is 10.7 Å². The number of hydrogen-bond donors (Lipinski definition) is 1. The first kappa shape index (κ1) is 14.8. The number of para-hydroxylation sites is 1. The van der Waals surface area contributed by atoms with Gasteiger partial charge in [-0.2, -0.15) is 0 Å². The molecular formula is C19H13FN4O2. The molecule has 2 N–H and O–H groups in total. The molecule has 6 nitrogen and oxygen atoms in total. The molecule has 7 heteroatoms. The van der Waals surface area contributed by atoms with Gasteiger partial charge < -0.3 is 15.2 Å². The lowest BCUT2D eigenvalue weighted by molar-refractivity contribution is 0.260. The van der Waals surface area contributed by atoms with E-state index in [0.717, 1.165) is 0 Å². The van der Waals surface area contributed by atoms with Crippen molar-refractivity contribution in [1.82, 2.24) is 9.97 Å². The first-order valence-electron chi connectivity index (χ1n) is 8.03. The molecular weight excluding hydrogens is 335 g/mol. The number of aromatic nitrogens is 2. The molecule has 0 saturated carbocycles. The van der Waals surface area contributed by atoms with E-state index < -0.39 is 11.4 Å². The summed E-state index contributed by atoms with van der Waals surface area (Å²) < 4.78 is 27.0. The van der Waals surface area contributed by atoms with E-state index in [1.807, 2.05) is 24.3 Å². The number of ether oxygens (including phenoxy) is 2. The second-order valence-electron chi connectivity index (χ2n) is 6.12. The van der Waals surface area contributed by atoms with E-state index in [-0.39, 0.29) is 12.6 Å². The fourth-order valence-electron chi connectivity index (χ4n) is 3.54. The second kappa shape index (κ2) is 5.26. The average Bonchev–Trinajstić information content (AvgIpc) is 3.05. The molecule has 0 radical (unpaired) electrons. The smallest absolute Gasteiger partial charge is 0.283 e. The summed E-state index contributed by atoms with van der Waals surface area (Å²) in [7, 11) is 0. The number of hydrogen-bond acceptors (Lipinski definition) is 6. The lowest BCUT2D eigenvalue weighted by atomic mass is 9.80. The van der Waals surface area contributed by atoms with Crippen molar-refractivity contribution in [3.63, 3.8) is 0 Å². The van der Waals surface area contributed by atoms with Gasteiger partial charge in [0, 0.05) is 29.1 Å². The minimum atomic E-state index is -1.08. The highest BCUT2D eigenvalue weighted by Gasteiger charge is 2.49. The number of amidine groups is 1. The molecule has 0 amide bonds. The van der Waals surface area contributed by atoms with Crippen LogP contribution in [0.3, 0.4) is 0 Å². The predicted octanol–water partition coefficient (Wildman–Crippen LogP) is 2.98. The van der Waals surface area contributed by atoms with Crippen molar-refractivity contribution in [3.05, 3.63) is 72.1 Å². The summed E-state index contributed by atoms with van der Waals surface area (Å²) in [5, 5.41) is 0. The zero-order valence-electron chi connectivity index (χ0n) is 13.5. The third-order valence-electron chi connectivity index (χ3n) is 4.67. The number of fused-ring (bicyclic) bond motifs is 4. The Hall–Kier alpha value is -3.48. The number of nitrogens with zero attached hydrogens (tertiary/aromatic N) is 3. The topological polar surface area (TPSA) is 82.6 Å². The van der Waals surface area contributed by atoms with Crippen LogP contribution in [0.2, 0.25) is 0 Å². The second-order valence-corrected chi connectivity index (χ2v) is 6.12. The zero-order valence-corrected chi connectivity index (χ0v) is 13.5. The average molecular weight is 348 g/mol. The minimum absolute atomic E-state index is 0.0282. The van der Waals surface area contributed by atoms with Crippen LogP contribution < -0.4 is 10.5 Å². The Balaban J connectivity index is 1.81. The lowest BCUT2D eigenvalue weighted by Crippen LogP contribution is -2.32. The lowest BCUT2D eigenvalue weighted by Gasteiger charge is -2.34. The van der Waals surface area contributed by atoms with Gasteiger partial charge in [-0.25, -0.2) is 19.4 Å². The monoisotopic (exact) mass is 348 g/mol. The molecule has 0 saturated heterocycles. The Bertz CT molecular complexity index is 1050. The van der Waals surface area contributed by atoms with E-state index >= 15 is 4.39 Å². The van der Waals surface area contributed by atoms with Crippen molar-refractivity contribution >= 4 is 6.02 Å². The fraction of sp³-hybridized carbons (Fsp3) is 0.105. The van der Waals surface area contributed by atoms with Crippen LogP contribution in [0.4, 0.5) is 4.39 Å². The summed E-state index contributed by atoms with van der Waals surface area (Å²) in [6.07, 6.45) is 4.52. The van der Waals surface area contributed by atoms with Crippen molar-refractivity contribution in [2.45, 2.75) is 5.54 Å². The van der Waals surface area contributed by atoms with Gasteiger partial charge in [0.05, 0.1) is 5.56 Å². The van der Waals surface area contributed by atoms with Crippen molar-refractivity contribution in [3.8, 4) is 22.6 Å². The van der Waals surface area contributed by atoms with Crippen LogP contribution in [-0.4, -0.2) is 22.6 Å². The molecule has 1 unspecified atom stereocenters. The van der Waals surface area contributed by atoms with Crippen LogP contribution >= 0.6 is 0 Å². The number of rotatable bonds is 1. The molecule has 128 valence electrons. The maximum Gasteiger partial charge on any atom is 0.283 e. The summed E-state index contributed by atoms with van der Waals surface area (Å²) in [4.78, 5) is 12.4. The van der Waals surface area contributed by atoms with Gasteiger partial charge in [-0.15, -0.1) is 0 Å². The molecule has 3 heterocycles. The normalized spacial score (nSPS) is 20.0. The Morgan fingerprint density at radius 1 is 1.04 bits per heavy atom. The Kier molecular flexibility index (Phi) is 3.00. The van der Waals surface area contributed by atoms with Gasteiger partial charge in [0.1, 0.15) is 30.3 Å². The molecule has 0 bridgehead atoms. The third-order valence-corrected chi connectivity index (χ3v) is 4.67. The predicted molar refractivity (Wildman–Crippen MR) is 92.3 cm³/mol. The molecule has 0 aliphatic carbocycles. The Morgan fingerprint density at radius 3 is 2.62 bits per heavy atom. The summed E-state index contributed by atoms with van der Waals surface area (Å²) in [6.45, 7) is 0.109. The largest absolute Gasteiger partial charge is 0.462 e. The Morgan fingerprint density at radius 2 is 1.85 bits per heavy atom. The molecule has 26 heavy (non-hydrogen) atoms. The molecule has 3 aromatic rings. The van der Waals surface area contributed by atoms with E-state index in [9.17, 15) is 0 Å². The minimum Gasteiger partial charge on any atom is -0.462 e. The molecule has 2 aliphatic rings. The molecule has 1 spiro atoms. The molecule has 5 rings (SSSR count). The van der Waals surface area contributed by atoms with Crippen LogP contribution in [-0.2, 0) is 10.3 Å². The zero-order chi connectivity index (χ0) is 17.7. The summed E-state index contributed by atoms with van der Waals surface area (Å²) in [6, 6.07) is 10.8. The van der Waals surface area contributed by atoms with Gasteiger partial charge in [-0.05, 0) is 18.2 Å². The van der Waals surface area contributed by atoms with E-state index in [1.165, 1.54) is 6.33 Å².